The second-order valence-electron chi connectivity index (χ2n) is 3.11. The molecule has 5 heteroatoms. The van der Waals surface area contributed by atoms with Crippen LogP contribution in [0.25, 0.3) is 0 Å². The molecule has 0 fully saturated rings. The molecule has 0 unspecified atom stereocenters. The Labute approximate surface area is 98.8 Å². The predicted molar refractivity (Wildman–Crippen MR) is 61.5 cm³/mol. The van der Waals surface area contributed by atoms with E-state index >= 15 is 0 Å². The fourth-order valence-electron chi connectivity index (χ4n) is 1.08. The average molecular weight is 247 g/mol. The first-order valence-corrected chi connectivity index (χ1v) is 5.50. The van der Waals surface area contributed by atoms with Gasteiger partial charge in [-0.3, -0.25) is 4.79 Å². The first-order chi connectivity index (χ1) is 7.13. The van der Waals surface area contributed by atoms with Crippen molar-refractivity contribution in [2.75, 3.05) is 6.54 Å². The van der Waals surface area contributed by atoms with Crippen LogP contribution in [0.15, 0.2) is 12.1 Å². The van der Waals surface area contributed by atoms with Gasteiger partial charge in [0.1, 0.15) is 10.3 Å². The van der Waals surface area contributed by atoms with Gasteiger partial charge in [0.05, 0.1) is 0 Å². The molecule has 0 saturated heterocycles. The first kappa shape index (κ1) is 12.3. The van der Waals surface area contributed by atoms with Crippen molar-refractivity contribution in [2.45, 2.75) is 19.8 Å². The lowest BCUT2D eigenvalue weighted by atomic mass is 10.2. The van der Waals surface area contributed by atoms with Gasteiger partial charge < -0.3 is 5.32 Å². The van der Waals surface area contributed by atoms with Crippen molar-refractivity contribution in [1.29, 1.82) is 0 Å². The number of amides is 1. The number of carbonyl (C=O) groups excluding carboxylic acids is 1. The Hall–Kier alpha value is -0.800. The molecule has 1 amide bonds. The van der Waals surface area contributed by atoms with Crippen LogP contribution in [0.4, 0.5) is 0 Å². The van der Waals surface area contributed by atoms with Crippen molar-refractivity contribution < 1.29 is 4.79 Å². The van der Waals surface area contributed by atoms with E-state index in [-0.39, 0.29) is 16.2 Å². The molecular formula is C10H12Cl2N2O. The van der Waals surface area contributed by atoms with E-state index in [2.05, 4.69) is 17.2 Å². The second-order valence-corrected chi connectivity index (χ2v) is 3.89. The van der Waals surface area contributed by atoms with Crippen LogP contribution in [-0.4, -0.2) is 17.4 Å². The first-order valence-electron chi connectivity index (χ1n) is 4.74. The highest BCUT2D eigenvalue weighted by molar-refractivity contribution is 6.33. The molecular weight excluding hydrogens is 235 g/mol. The summed E-state index contributed by atoms with van der Waals surface area (Å²) in [5.41, 5.74) is 0.441. The van der Waals surface area contributed by atoms with Crippen LogP contribution >= 0.6 is 23.2 Å². The van der Waals surface area contributed by atoms with Crippen molar-refractivity contribution in [3.05, 3.63) is 28.0 Å². The summed E-state index contributed by atoms with van der Waals surface area (Å²) in [4.78, 5) is 15.3. The fraction of sp³-hybridized carbons (Fsp3) is 0.400. The molecule has 1 heterocycles. The third kappa shape index (κ3) is 4.06. The number of rotatable bonds is 4. The van der Waals surface area contributed by atoms with Gasteiger partial charge in [0.15, 0.2) is 0 Å². The SMILES string of the molecule is CCCCNC(=O)c1cc(Cl)nc(Cl)c1. The zero-order valence-corrected chi connectivity index (χ0v) is 9.90. The number of aromatic nitrogens is 1. The van der Waals surface area contributed by atoms with Crippen LogP contribution in [0, 0.1) is 0 Å². The molecule has 0 atom stereocenters. The Morgan fingerprint density at radius 2 is 2.00 bits per heavy atom. The molecule has 0 aliphatic carbocycles. The molecule has 0 bridgehead atoms. The minimum absolute atomic E-state index is 0.172. The quantitative estimate of drug-likeness (QED) is 0.656. The molecule has 82 valence electrons. The highest BCUT2D eigenvalue weighted by atomic mass is 35.5. The minimum atomic E-state index is -0.172. The van der Waals surface area contributed by atoms with Crippen molar-refractivity contribution >= 4 is 29.1 Å². The summed E-state index contributed by atoms with van der Waals surface area (Å²) in [5, 5.41) is 3.22. The summed E-state index contributed by atoms with van der Waals surface area (Å²) in [6.45, 7) is 2.72. The fourth-order valence-corrected chi connectivity index (χ4v) is 1.54. The van der Waals surface area contributed by atoms with Crippen LogP contribution in [0.5, 0.6) is 0 Å². The van der Waals surface area contributed by atoms with Gasteiger partial charge in [-0.15, -0.1) is 0 Å². The number of nitrogens with one attached hydrogen (secondary N) is 1. The lowest BCUT2D eigenvalue weighted by Crippen LogP contribution is -2.24. The summed E-state index contributed by atoms with van der Waals surface area (Å²) in [6, 6.07) is 2.99. The van der Waals surface area contributed by atoms with Gasteiger partial charge in [-0.2, -0.15) is 0 Å². The highest BCUT2D eigenvalue weighted by Crippen LogP contribution is 2.14. The molecule has 0 radical (unpaired) electrons. The topological polar surface area (TPSA) is 42.0 Å². The summed E-state index contributed by atoms with van der Waals surface area (Å²) in [7, 11) is 0. The van der Waals surface area contributed by atoms with E-state index in [1.807, 2.05) is 0 Å². The molecule has 0 aliphatic heterocycles. The van der Waals surface area contributed by atoms with Crippen molar-refractivity contribution in [2.24, 2.45) is 0 Å². The van der Waals surface area contributed by atoms with E-state index < -0.39 is 0 Å². The Balaban J connectivity index is 2.65. The highest BCUT2D eigenvalue weighted by Gasteiger charge is 2.07. The van der Waals surface area contributed by atoms with Crippen molar-refractivity contribution in [3.8, 4) is 0 Å². The maximum absolute atomic E-state index is 11.6. The Morgan fingerprint density at radius 1 is 1.40 bits per heavy atom. The van der Waals surface area contributed by atoms with Crippen LogP contribution in [0.2, 0.25) is 10.3 Å². The molecule has 0 spiro atoms. The summed E-state index contributed by atoms with van der Waals surface area (Å²) >= 11 is 11.4. The molecule has 3 nitrogen and oxygen atoms in total. The molecule has 0 aliphatic rings. The third-order valence-electron chi connectivity index (χ3n) is 1.84. The molecule has 1 aromatic heterocycles. The summed E-state index contributed by atoms with van der Waals surface area (Å²) in [6.07, 6.45) is 2.00. The van der Waals surface area contributed by atoms with Gasteiger partial charge in [-0.25, -0.2) is 4.98 Å². The van der Waals surface area contributed by atoms with Gasteiger partial charge in [0.2, 0.25) is 0 Å². The lowest BCUT2D eigenvalue weighted by molar-refractivity contribution is 0.0953. The van der Waals surface area contributed by atoms with E-state index in [9.17, 15) is 4.79 Å². The third-order valence-corrected chi connectivity index (χ3v) is 2.23. The normalized spacial score (nSPS) is 10.1. The molecule has 1 rings (SSSR count). The molecule has 1 aromatic rings. The Morgan fingerprint density at radius 3 is 2.53 bits per heavy atom. The van der Waals surface area contributed by atoms with E-state index in [4.69, 9.17) is 23.2 Å². The van der Waals surface area contributed by atoms with E-state index in [0.29, 0.717) is 12.1 Å². The van der Waals surface area contributed by atoms with Gasteiger partial charge >= 0.3 is 0 Å². The summed E-state index contributed by atoms with van der Waals surface area (Å²) < 4.78 is 0. The van der Waals surface area contributed by atoms with E-state index in [1.165, 1.54) is 12.1 Å². The minimum Gasteiger partial charge on any atom is -0.352 e. The number of nitrogens with zero attached hydrogens (tertiary/aromatic N) is 1. The van der Waals surface area contributed by atoms with Gasteiger partial charge in [0.25, 0.3) is 5.91 Å². The van der Waals surface area contributed by atoms with Crippen molar-refractivity contribution in [1.82, 2.24) is 10.3 Å². The number of carbonyl (C=O) groups is 1. The monoisotopic (exact) mass is 246 g/mol. The second kappa shape index (κ2) is 5.93. The van der Waals surface area contributed by atoms with Crippen LogP contribution in [0.1, 0.15) is 30.1 Å². The zero-order chi connectivity index (χ0) is 11.3. The van der Waals surface area contributed by atoms with Gasteiger partial charge in [0, 0.05) is 12.1 Å². The van der Waals surface area contributed by atoms with E-state index in [1.54, 1.807) is 0 Å². The largest absolute Gasteiger partial charge is 0.352 e. The maximum atomic E-state index is 11.6. The van der Waals surface area contributed by atoms with Gasteiger partial charge in [-0.05, 0) is 18.6 Å². The average Bonchev–Trinajstić information content (AvgIpc) is 2.16. The lowest BCUT2D eigenvalue weighted by Gasteiger charge is -2.04. The molecule has 0 saturated carbocycles. The number of hydrogen-bond acceptors (Lipinski definition) is 2. The van der Waals surface area contributed by atoms with Gasteiger partial charge in [-0.1, -0.05) is 36.5 Å². The zero-order valence-electron chi connectivity index (χ0n) is 8.39. The number of hydrogen-bond donors (Lipinski definition) is 1. The standard InChI is InChI=1S/C10H12Cl2N2O/c1-2-3-4-13-10(15)7-5-8(11)14-9(12)6-7/h5-6H,2-4H2,1H3,(H,13,15). The maximum Gasteiger partial charge on any atom is 0.251 e. The molecule has 15 heavy (non-hydrogen) atoms. The smallest absolute Gasteiger partial charge is 0.251 e. The number of unbranched alkanes of at least 4 members (excludes halogenated alkanes) is 1. The number of pyridine rings is 1. The molecule has 0 aromatic carbocycles. The van der Waals surface area contributed by atoms with Crippen LogP contribution in [-0.2, 0) is 0 Å². The summed E-state index contributed by atoms with van der Waals surface area (Å²) in [5.74, 6) is -0.172. The van der Waals surface area contributed by atoms with E-state index in [0.717, 1.165) is 12.8 Å². The Kier molecular flexibility index (Phi) is 4.85. The Bertz CT molecular complexity index is 335. The predicted octanol–water partition coefficient (Wildman–Crippen LogP) is 2.92. The molecule has 1 N–H and O–H groups in total. The number of halogens is 2. The van der Waals surface area contributed by atoms with Crippen molar-refractivity contribution in [3.63, 3.8) is 0 Å². The van der Waals surface area contributed by atoms with Crippen LogP contribution < -0.4 is 5.32 Å². The van der Waals surface area contributed by atoms with Crippen LogP contribution in [0.3, 0.4) is 0 Å².